The van der Waals surface area contributed by atoms with Crippen LogP contribution in [0.1, 0.15) is 51.0 Å². The van der Waals surface area contributed by atoms with Crippen LogP contribution >= 0.6 is 11.3 Å². The van der Waals surface area contributed by atoms with Gasteiger partial charge in [-0.25, -0.2) is 0 Å². The molecule has 0 aliphatic carbocycles. The Morgan fingerprint density at radius 1 is 1.50 bits per heavy atom. The molecule has 1 saturated heterocycles. The number of rotatable bonds is 4. The maximum Gasteiger partial charge on any atom is 0.0595 e. The van der Waals surface area contributed by atoms with E-state index in [1.807, 2.05) is 11.3 Å². The first kappa shape index (κ1) is 14.0. The van der Waals surface area contributed by atoms with E-state index in [0.717, 1.165) is 12.3 Å². The number of nitrogens with zero attached hydrogens (tertiary/aromatic N) is 1. The lowest BCUT2D eigenvalue weighted by Crippen LogP contribution is -2.48. The van der Waals surface area contributed by atoms with Crippen LogP contribution in [0.5, 0.6) is 0 Å². The highest BCUT2D eigenvalue weighted by Gasteiger charge is 2.33. The standard InChI is InChI=1S/C15H26N2S/c1-4-13(16)15(14-6-5-9-18-14)17-8-7-11(2)10-12(17)3/h5-6,9,11-13,15H,4,7-8,10,16H2,1-3H3. The Hall–Kier alpha value is -0.380. The lowest BCUT2D eigenvalue weighted by molar-refractivity contribution is 0.0689. The average Bonchev–Trinajstić information content (AvgIpc) is 2.85. The predicted molar refractivity (Wildman–Crippen MR) is 79.9 cm³/mol. The van der Waals surface area contributed by atoms with Crippen molar-refractivity contribution in [1.82, 2.24) is 4.90 Å². The van der Waals surface area contributed by atoms with E-state index in [1.165, 1.54) is 24.3 Å². The summed E-state index contributed by atoms with van der Waals surface area (Å²) in [6.45, 7) is 8.12. The Balaban J connectivity index is 2.19. The van der Waals surface area contributed by atoms with Crippen LogP contribution in [0.3, 0.4) is 0 Å². The van der Waals surface area contributed by atoms with E-state index in [9.17, 15) is 0 Å². The highest BCUT2D eigenvalue weighted by atomic mass is 32.1. The molecule has 4 unspecified atom stereocenters. The van der Waals surface area contributed by atoms with Crippen molar-refractivity contribution in [2.75, 3.05) is 6.54 Å². The third-order valence-corrected chi connectivity index (χ3v) is 5.20. The maximum absolute atomic E-state index is 6.40. The van der Waals surface area contributed by atoms with Crippen molar-refractivity contribution in [3.63, 3.8) is 0 Å². The van der Waals surface area contributed by atoms with Crippen LogP contribution in [-0.4, -0.2) is 23.5 Å². The molecule has 0 amide bonds. The molecule has 2 rings (SSSR count). The molecule has 102 valence electrons. The minimum Gasteiger partial charge on any atom is -0.326 e. The summed E-state index contributed by atoms with van der Waals surface area (Å²) in [5.74, 6) is 0.859. The average molecular weight is 266 g/mol. The molecule has 0 spiro atoms. The molecule has 1 aromatic rings. The van der Waals surface area contributed by atoms with Crippen molar-refractivity contribution in [2.45, 2.75) is 58.2 Å². The van der Waals surface area contributed by atoms with E-state index in [1.54, 1.807) is 0 Å². The van der Waals surface area contributed by atoms with E-state index in [0.29, 0.717) is 12.1 Å². The van der Waals surface area contributed by atoms with Gasteiger partial charge in [-0.05, 0) is 50.1 Å². The summed E-state index contributed by atoms with van der Waals surface area (Å²) >= 11 is 1.85. The summed E-state index contributed by atoms with van der Waals surface area (Å²) in [5.41, 5.74) is 6.40. The van der Waals surface area contributed by atoms with Crippen LogP contribution in [0, 0.1) is 5.92 Å². The molecular formula is C15H26N2S. The molecule has 0 aromatic carbocycles. The molecule has 0 radical (unpaired) electrons. The molecule has 0 bridgehead atoms. The lowest BCUT2D eigenvalue weighted by Gasteiger charge is -2.43. The predicted octanol–water partition coefficient (Wildman–Crippen LogP) is 3.65. The van der Waals surface area contributed by atoms with E-state index in [4.69, 9.17) is 5.73 Å². The van der Waals surface area contributed by atoms with Crippen LogP contribution in [0.25, 0.3) is 0 Å². The van der Waals surface area contributed by atoms with Gasteiger partial charge in [-0.1, -0.05) is 19.9 Å². The van der Waals surface area contributed by atoms with Crippen LogP contribution < -0.4 is 5.73 Å². The third kappa shape index (κ3) is 2.95. The fourth-order valence-electron chi connectivity index (χ4n) is 3.14. The first-order valence-electron chi connectivity index (χ1n) is 7.18. The second-order valence-corrected chi connectivity index (χ2v) is 6.73. The number of piperidine rings is 1. The molecule has 2 N–H and O–H groups in total. The van der Waals surface area contributed by atoms with Gasteiger partial charge in [-0.2, -0.15) is 0 Å². The van der Waals surface area contributed by atoms with Crippen LogP contribution in [0.2, 0.25) is 0 Å². The Kier molecular flexibility index (Phi) is 4.82. The SMILES string of the molecule is CCC(N)C(c1cccs1)N1CCC(C)CC1C. The third-order valence-electron chi connectivity index (χ3n) is 4.26. The van der Waals surface area contributed by atoms with Gasteiger partial charge in [0, 0.05) is 17.0 Å². The molecule has 1 aromatic heterocycles. The largest absolute Gasteiger partial charge is 0.326 e. The fourth-order valence-corrected chi connectivity index (χ4v) is 4.06. The summed E-state index contributed by atoms with van der Waals surface area (Å²) in [7, 11) is 0. The van der Waals surface area contributed by atoms with Crippen molar-refractivity contribution in [3.8, 4) is 0 Å². The number of hydrogen-bond donors (Lipinski definition) is 1. The molecule has 1 aliphatic heterocycles. The Morgan fingerprint density at radius 3 is 2.83 bits per heavy atom. The molecule has 2 nitrogen and oxygen atoms in total. The van der Waals surface area contributed by atoms with Crippen LogP contribution in [0.4, 0.5) is 0 Å². The van der Waals surface area contributed by atoms with Gasteiger partial charge in [-0.3, -0.25) is 4.90 Å². The van der Waals surface area contributed by atoms with Gasteiger partial charge in [0.25, 0.3) is 0 Å². The summed E-state index contributed by atoms with van der Waals surface area (Å²) < 4.78 is 0. The molecule has 4 atom stereocenters. The molecule has 3 heteroatoms. The topological polar surface area (TPSA) is 29.3 Å². The molecule has 2 heterocycles. The Morgan fingerprint density at radius 2 is 2.28 bits per heavy atom. The van der Waals surface area contributed by atoms with Gasteiger partial charge in [0.05, 0.1) is 6.04 Å². The molecular weight excluding hydrogens is 240 g/mol. The van der Waals surface area contributed by atoms with Crippen molar-refractivity contribution < 1.29 is 0 Å². The summed E-state index contributed by atoms with van der Waals surface area (Å²) in [6.07, 6.45) is 3.66. The zero-order chi connectivity index (χ0) is 13.1. The lowest BCUT2D eigenvalue weighted by atomic mass is 9.90. The zero-order valence-electron chi connectivity index (χ0n) is 11.8. The first-order chi connectivity index (χ1) is 8.63. The monoisotopic (exact) mass is 266 g/mol. The van der Waals surface area contributed by atoms with Crippen molar-refractivity contribution in [3.05, 3.63) is 22.4 Å². The highest BCUT2D eigenvalue weighted by molar-refractivity contribution is 7.10. The highest BCUT2D eigenvalue weighted by Crippen LogP contribution is 2.35. The van der Waals surface area contributed by atoms with Gasteiger partial charge in [0.1, 0.15) is 0 Å². The second kappa shape index (κ2) is 6.18. The molecule has 1 aliphatic rings. The number of thiophene rings is 1. The molecule has 0 saturated carbocycles. The Labute approximate surface area is 115 Å². The van der Waals surface area contributed by atoms with Gasteiger partial charge >= 0.3 is 0 Å². The van der Waals surface area contributed by atoms with E-state index in [-0.39, 0.29) is 6.04 Å². The summed E-state index contributed by atoms with van der Waals surface area (Å²) in [4.78, 5) is 4.07. The zero-order valence-corrected chi connectivity index (χ0v) is 12.6. The van der Waals surface area contributed by atoms with E-state index < -0.39 is 0 Å². The first-order valence-corrected chi connectivity index (χ1v) is 8.06. The minimum absolute atomic E-state index is 0.250. The van der Waals surface area contributed by atoms with Gasteiger partial charge in [0.2, 0.25) is 0 Å². The van der Waals surface area contributed by atoms with Crippen molar-refractivity contribution >= 4 is 11.3 Å². The summed E-state index contributed by atoms with van der Waals surface area (Å²) in [5, 5.41) is 2.17. The maximum atomic E-state index is 6.40. The number of hydrogen-bond acceptors (Lipinski definition) is 3. The van der Waals surface area contributed by atoms with E-state index in [2.05, 4.69) is 43.2 Å². The minimum atomic E-state index is 0.250. The smallest absolute Gasteiger partial charge is 0.0595 e. The van der Waals surface area contributed by atoms with Crippen LogP contribution in [0.15, 0.2) is 17.5 Å². The van der Waals surface area contributed by atoms with Crippen molar-refractivity contribution in [2.24, 2.45) is 11.7 Å². The number of likely N-dealkylation sites (tertiary alicyclic amines) is 1. The summed E-state index contributed by atoms with van der Waals surface area (Å²) in [6, 6.07) is 5.71. The number of nitrogens with two attached hydrogens (primary N) is 1. The Bertz CT molecular complexity index is 349. The molecule has 1 fully saturated rings. The normalized spacial score (nSPS) is 29.1. The van der Waals surface area contributed by atoms with E-state index >= 15 is 0 Å². The van der Waals surface area contributed by atoms with Crippen molar-refractivity contribution in [1.29, 1.82) is 0 Å². The van der Waals surface area contributed by atoms with Crippen LogP contribution in [-0.2, 0) is 0 Å². The molecule has 18 heavy (non-hydrogen) atoms. The second-order valence-electron chi connectivity index (χ2n) is 5.75. The van der Waals surface area contributed by atoms with Gasteiger partial charge in [0.15, 0.2) is 0 Å². The fraction of sp³-hybridized carbons (Fsp3) is 0.733. The van der Waals surface area contributed by atoms with Gasteiger partial charge < -0.3 is 5.73 Å². The van der Waals surface area contributed by atoms with Gasteiger partial charge in [-0.15, -0.1) is 11.3 Å². The quantitative estimate of drug-likeness (QED) is 0.901.